The lowest BCUT2D eigenvalue weighted by Crippen LogP contribution is -2.42. The van der Waals surface area contributed by atoms with Crippen LogP contribution in [0.15, 0.2) is 52.1 Å². The van der Waals surface area contributed by atoms with Gasteiger partial charge in [-0.3, -0.25) is 19.6 Å². The van der Waals surface area contributed by atoms with Crippen LogP contribution in [0.4, 0.5) is 5.69 Å². The molecule has 1 aromatic carbocycles. The quantitative estimate of drug-likeness (QED) is 0.722. The molecular formula is C19H18BrN3O3. The van der Waals surface area contributed by atoms with Gasteiger partial charge in [0, 0.05) is 30.2 Å². The first-order chi connectivity index (χ1) is 12.4. The summed E-state index contributed by atoms with van der Waals surface area (Å²) >= 11 is 3.48. The number of hydrogen-bond acceptors (Lipinski definition) is 5. The Morgan fingerprint density at radius 1 is 1.31 bits per heavy atom. The number of amides is 1. The third-order valence-electron chi connectivity index (χ3n) is 4.13. The number of esters is 1. The lowest BCUT2D eigenvalue weighted by atomic mass is 10.0. The van der Waals surface area contributed by atoms with Crippen molar-refractivity contribution < 1.29 is 14.3 Å². The van der Waals surface area contributed by atoms with Gasteiger partial charge < -0.3 is 9.64 Å². The Balaban J connectivity index is 2.21. The molecule has 2 aromatic rings. The number of nitrogens with zero attached hydrogens (tertiary/aromatic N) is 3. The third kappa shape index (κ3) is 3.53. The van der Waals surface area contributed by atoms with Crippen molar-refractivity contribution in [1.29, 1.82) is 0 Å². The van der Waals surface area contributed by atoms with Crippen LogP contribution in [0.5, 0.6) is 0 Å². The maximum absolute atomic E-state index is 13.0. The summed E-state index contributed by atoms with van der Waals surface area (Å²) < 4.78 is 6.12. The minimum absolute atomic E-state index is 0.242. The van der Waals surface area contributed by atoms with Gasteiger partial charge in [-0.25, -0.2) is 0 Å². The molecule has 0 radical (unpaired) electrons. The molecule has 26 heavy (non-hydrogen) atoms. The highest BCUT2D eigenvalue weighted by Crippen LogP contribution is 2.30. The number of fused-ring (bicyclic) bond motifs is 1. The normalized spacial score (nSPS) is 17.8. The lowest BCUT2D eigenvalue weighted by Gasteiger charge is -2.23. The maximum Gasteiger partial charge on any atom is 0.302 e. The fourth-order valence-electron chi connectivity index (χ4n) is 2.91. The summed E-state index contributed by atoms with van der Waals surface area (Å²) in [5.41, 5.74) is 2.74. The number of ether oxygens (including phenoxy) is 1. The number of benzodiazepines with no additional fused rings is 1. The van der Waals surface area contributed by atoms with Crippen LogP contribution in [-0.2, 0) is 14.3 Å². The molecule has 0 unspecified atom stereocenters. The van der Waals surface area contributed by atoms with Gasteiger partial charge in [-0.1, -0.05) is 22.0 Å². The van der Waals surface area contributed by atoms with Crippen molar-refractivity contribution in [1.82, 2.24) is 4.98 Å². The minimum atomic E-state index is -0.855. The van der Waals surface area contributed by atoms with E-state index in [1.165, 1.54) is 6.92 Å². The highest BCUT2D eigenvalue weighted by molar-refractivity contribution is 9.10. The topological polar surface area (TPSA) is 71.9 Å². The van der Waals surface area contributed by atoms with Crippen LogP contribution >= 0.6 is 15.9 Å². The van der Waals surface area contributed by atoms with Crippen LogP contribution in [-0.4, -0.2) is 41.8 Å². The standard InChI is InChI=1S/C19H18BrN3O3/c1-11(26-12(2)24)17-19(25)23(3)16-8-7-13(20)10-14(16)18(22-17)15-6-4-5-9-21-15/h4-11,17H,1-3H3/t11-,17-/m1/s1. The van der Waals surface area contributed by atoms with Crippen molar-refractivity contribution in [3.8, 4) is 0 Å². The average Bonchev–Trinajstić information content (AvgIpc) is 2.71. The van der Waals surface area contributed by atoms with E-state index in [2.05, 4.69) is 25.9 Å². The molecular weight excluding hydrogens is 398 g/mol. The Morgan fingerprint density at radius 2 is 2.08 bits per heavy atom. The van der Waals surface area contributed by atoms with Gasteiger partial charge in [-0.05, 0) is 37.3 Å². The van der Waals surface area contributed by atoms with Crippen LogP contribution in [0.1, 0.15) is 25.1 Å². The predicted molar refractivity (Wildman–Crippen MR) is 102 cm³/mol. The summed E-state index contributed by atoms with van der Waals surface area (Å²) in [6.07, 6.45) is 0.982. The molecule has 7 heteroatoms. The molecule has 134 valence electrons. The Labute approximate surface area is 160 Å². The number of likely N-dealkylation sites (N-methyl/N-ethyl adjacent to an activating group) is 1. The van der Waals surface area contributed by atoms with E-state index in [0.717, 1.165) is 15.7 Å². The first-order valence-electron chi connectivity index (χ1n) is 8.12. The van der Waals surface area contributed by atoms with E-state index in [-0.39, 0.29) is 5.91 Å². The summed E-state index contributed by atoms with van der Waals surface area (Å²) in [4.78, 5) is 35.0. The van der Waals surface area contributed by atoms with Crippen LogP contribution in [0.2, 0.25) is 0 Å². The molecule has 0 fully saturated rings. The third-order valence-corrected chi connectivity index (χ3v) is 4.62. The number of anilines is 1. The van der Waals surface area contributed by atoms with Gasteiger partial charge in [0.2, 0.25) is 0 Å². The van der Waals surface area contributed by atoms with E-state index in [9.17, 15) is 9.59 Å². The van der Waals surface area contributed by atoms with Crippen molar-refractivity contribution in [2.24, 2.45) is 4.99 Å². The van der Waals surface area contributed by atoms with Crippen molar-refractivity contribution in [2.45, 2.75) is 26.0 Å². The fourth-order valence-corrected chi connectivity index (χ4v) is 3.27. The lowest BCUT2D eigenvalue weighted by molar-refractivity contribution is -0.147. The second-order valence-corrected chi connectivity index (χ2v) is 6.93. The summed E-state index contributed by atoms with van der Waals surface area (Å²) in [5, 5.41) is 0. The first-order valence-corrected chi connectivity index (χ1v) is 8.91. The Morgan fingerprint density at radius 3 is 2.73 bits per heavy atom. The van der Waals surface area contributed by atoms with Gasteiger partial charge in [0.15, 0.2) is 6.04 Å². The van der Waals surface area contributed by atoms with Crippen LogP contribution in [0.3, 0.4) is 0 Å². The van der Waals surface area contributed by atoms with E-state index in [1.54, 1.807) is 25.1 Å². The van der Waals surface area contributed by atoms with Crippen molar-refractivity contribution in [2.75, 3.05) is 11.9 Å². The average molecular weight is 416 g/mol. The minimum Gasteiger partial charge on any atom is -0.460 e. The summed E-state index contributed by atoms with van der Waals surface area (Å²) in [5.74, 6) is -0.694. The molecule has 1 aliphatic heterocycles. The second-order valence-electron chi connectivity index (χ2n) is 6.01. The van der Waals surface area contributed by atoms with E-state index in [0.29, 0.717) is 11.4 Å². The Bertz CT molecular complexity index is 883. The van der Waals surface area contributed by atoms with Gasteiger partial charge >= 0.3 is 5.97 Å². The number of halogens is 1. The monoisotopic (exact) mass is 415 g/mol. The molecule has 0 saturated heterocycles. The molecule has 0 spiro atoms. The zero-order valence-electron chi connectivity index (χ0n) is 14.6. The van der Waals surface area contributed by atoms with E-state index < -0.39 is 18.1 Å². The fraction of sp³-hybridized carbons (Fsp3) is 0.263. The van der Waals surface area contributed by atoms with Gasteiger partial charge in [-0.2, -0.15) is 0 Å². The van der Waals surface area contributed by atoms with E-state index in [4.69, 9.17) is 4.74 Å². The van der Waals surface area contributed by atoms with Gasteiger partial charge in [0.05, 0.1) is 17.1 Å². The molecule has 0 N–H and O–H groups in total. The number of aliphatic imine (C=N–C) groups is 1. The summed E-state index contributed by atoms with van der Waals surface area (Å²) in [6.45, 7) is 2.99. The van der Waals surface area contributed by atoms with Crippen LogP contribution in [0.25, 0.3) is 0 Å². The number of rotatable bonds is 3. The second kappa shape index (κ2) is 7.37. The number of carbonyl (C=O) groups is 2. The van der Waals surface area contributed by atoms with Crippen molar-refractivity contribution >= 4 is 39.2 Å². The molecule has 0 saturated carbocycles. The summed E-state index contributed by atoms with van der Waals surface area (Å²) in [7, 11) is 1.69. The van der Waals surface area contributed by atoms with Crippen LogP contribution < -0.4 is 4.90 Å². The van der Waals surface area contributed by atoms with Gasteiger partial charge in [-0.15, -0.1) is 0 Å². The van der Waals surface area contributed by atoms with Gasteiger partial charge in [0.25, 0.3) is 5.91 Å². The van der Waals surface area contributed by atoms with E-state index in [1.807, 2.05) is 36.4 Å². The predicted octanol–water partition coefficient (Wildman–Crippen LogP) is 2.98. The molecule has 1 aromatic heterocycles. The highest BCUT2D eigenvalue weighted by Gasteiger charge is 2.35. The SMILES string of the molecule is CC(=O)O[C@H](C)[C@H]1N=C(c2ccccn2)c2cc(Br)ccc2N(C)C1=O. The maximum atomic E-state index is 13.0. The first kappa shape index (κ1) is 18.3. The molecule has 2 atom stereocenters. The largest absolute Gasteiger partial charge is 0.460 e. The smallest absolute Gasteiger partial charge is 0.302 e. The number of aromatic nitrogens is 1. The van der Waals surface area contributed by atoms with Gasteiger partial charge in [0.1, 0.15) is 6.10 Å². The number of benzene rings is 1. The Kier molecular flexibility index (Phi) is 5.18. The zero-order chi connectivity index (χ0) is 18.8. The highest BCUT2D eigenvalue weighted by atomic mass is 79.9. The molecule has 0 bridgehead atoms. The number of hydrogen-bond donors (Lipinski definition) is 0. The van der Waals surface area contributed by atoms with Crippen molar-refractivity contribution in [3.63, 3.8) is 0 Å². The van der Waals surface area contributed by atoms with Crippen LogP contribution in [0, 0.1) is 0 Å². The molecule has 3 rings (SSSR count). The number of pyridine rings is 1. The Hall–Kier alpha value is -2.54. The molecule has 1 amide bonds. The molecule has 6 nitrogen and oxygen atoms in total. The van der Waals surface area contributed by atoms with Crippen molar-refractivity contribution in [3.05, 3.63) is 58.3 Å². The molecule has 2 heterocycles. The number of carbonyl (C=O) groups excluding carboxylic acids is 2. The molecule has 1 aliphatic rings. The molecule has 0 aliphatic carbocycles. The zero-order valence-corrected chi connectivity index (χ0v) is 16.2. The summed E-state index contributed by atoms with van der Waals surface area (Å²) in [6, 6.07) is 10.3. The van der Waals surface area contributed by atoms with E-state index >= 15 is 0 Å².